The van der Waals surface area contributed by atoms with Gasteiger partial charge in [-0.25, -0.2) is 19.9 Å². The number of nitrogens with zero attached hydrogens (tertiary/aromatic N) is 6. The summed E-state index contributed by atoms with van der Waals surface area (Å²) in [6.07, 6.45) is 14.4. The van der Waals surface area contributed by atoms with E-state index in [9.17, 15) is 0 Å². The van der Waals surface area contributed by atoms with E-state index in [1.165, 1.54) is 24.8 Å². The molecule has 150 valence electrons. The summed E-state index contributed by atoms with van der Waals surface area (Å²) in [5.74, 6) is 2.97. The fraction of sp³-hybridized carbons (Fsp3) is 0.619. The highest BCUT2D eigenvalue weighted by atomic mass is 16.5. The molecule has 7 nitrogen and oxygen atoms in total. The van der Waals surface area contributed by atoms with E-state index in [-0.39, 0.29) is 0 Å². The van der Waals surface area contributed by atoms with Gasteiger partial charge in [-0.3, -0.25) is 0 Å². The Morgan fingerprint density at radius 1 is 0.857 bits per heavy atom. The molecule has 0 spiro atoms. The van der Waals surface area contributed by atoms with E-state index in [0.717, 1.165) is 57.2 Å². The average Bonchev–Trinajstić information content (AvgIpc) is 2.79. The smallest absolute Gasteiger partial charge is 0.232 e. The van der Waals surface area contributed by atoms with E-state index >= 15 is 0 Å². The van der Waals surface area contributed by atoms with Gasteiger partial charge < -0.3 is 14.5 Å². The summed E-state index contributed by atoms with van der Waals surface area (Å²) in [7, 11) is 0. The summed E-state index contributed by atoms with van der Waals surface area (Å²) in [6.45, 7) is 6.92. The highest BCUT2D eigenvalue weighted by Gasteiger charge is 2.22. The van der Waals surface area contributed by atoms with Crippen molar-refractivity contribution in [3.05, 3.63) is 30.4 Å². The van der Waals surface area contributed by atoms with Gasteiger partial charge in [0.2, 0.25) is 11.8 Å². The third-order valence-electron chi connectivity index (χ3n) is 5.76. The quantitative estimate of drug-likeness (QED) is 0.760. The first-order valence-corrected chi connectivity index (χ1v) is 10.6. The van der Waals surface area contributed by atoms with Crippen molar-refractivity contribution in [3.63, 3.8) is 0 Å². The predicted octanol–water partition coefficient (Wildman–Crippen LogP) is 3.11. The first-order valence-electron chi connectivity index (χ1n) is 10.6. The highest BCUT2D eigenvalue weighted by Crippen LogP contribution is 2.22. The SMILES string of the molecule is CCc1cnc(N2CCC(COc3cnc(N4CCCCC4)cn3)CC2)nc1. The standard InChI is InChI=1S/C21H30N6O/c1-2-17-12-24-21(25-13-17)27-10-6-18(7-11-27)16-28-20-15-22-19(14-23-20)26-8-4-3-5-9-26/h12-15,18H,2-11,16H2,1H3. The topological polar surface area (TPSA) is 67.3 Å². The largest absolute Gasteiger partial charge is 0.476 e. The molecule has 0 amide bonds. The van der Waals surface area contributed by atoms with Gasteiger partial charge in [0.1, 0.15) is 5.82 Å². The van der Waals surface area contributed by atoms with E-state index in [2.05, 4.69) is 36.7 Å². The Morgan fingerprint density at radius 3 is 2.25 bits per heavy atom. The maximum Gasteiger partial charge on any atom is 0.232 e. The summed E-state index contributed by atoms with van der Waals surface area (Å²) in [4.78, 5) is 22.6. The van der Waals surface area contributed by atoms with Gasteiger partial charge in [-0.2, -0.15) is 0 Å². The van der Waals surface area contributed by atoms with Crippen molar-refractivity contribution in [2.45, 2.75) is 45.4 Å². The van der Waals surface area contributed by atoms with Crippen molar-refractivity contribution in [1.82, 2.24) is 19.9 Å². The molecule has 0 radical (unpaired) electrons. The van der Waals surface area contributed by atoms with Crippen LogP contribution in [0.5, 0.6) is 5.88 Å². The lowest BCUT2D eigenvalue weighted by atomic mass is 9.98. The number of hydrogen-bond acceptors (Lipinski definition) is 7. The van der Waals surface area contributed by atoms with Crippen LogP contribution < -0.4 is 14.5 Å². The number of aromatic nitrogens is 4. The third-order valence-corrected chi connectivity index (χ3v) is 5.76. The molecule has 2 aromatic rings. The van der Waals surface area contributed by atoms with Gasteiger partial charge in [0.15, 0.2) is 0 Å². The summed E-state index contributed by atoms with van der Waals surface area (Å²) >= 11 is 0. The van der Waals surface area contributed by atoms with E-state index in [4.69, 9.17) is 4.74 Å². The molecular formula is C21H30N6O. The zero-order valence-corrected chi connectivity index (χ0v) is 16.8. The molecule has 0 aromatic carbocycles. The minimum absolute atomic E-state index is 0.537. The summed E-state index contributed by atoms with van der Waals surface area (Å²) in [5, 5.41) is 0. The van der Waals surface area contributed by atoms with Crippen LogP contribution in [0.15, 0.2) is 24.8 Å². The van der Waals surface area contributed by atoms with Crippen molar-refractivity contribution >= 4 is 11.8 Å². The molecule has 2 aromatic heterocycles. The number of hydrogen-bond donors (Lipinski definition) is 0. The molecule has 2 aliphatic rings. The Balaban J connectivity index is 1.22. The number of aryl methyl sites for hydroxylation is 1. The monoisotopic (exact) mass is 382 g/mol. The van der Waals surface area contributed by atoms with E-state index < -0.39 is 0 Å². The molecule has 0 bridgehead atoms. The number of rotatable bonds is 6. The minimum atomic E-state index is 0.537. The van der Waals surface area contributed by atoms with Gasteiger partial charge in [-0.05, 0) is 50.0 Å². The molecule has 2 fully saturated rings. The fourth-order valence-electron chi connectivity index (χ4n) is 3.87. The molecular weight excluding hydrogens is 352 g/mol. The van der Waals surface area contributed by atoms with E-state index in [1.807, 2.05) is 18.6 Å². The van der Waals surface area contributed by atoms with Crippen LogP contribution in [0.3, 0.4) is 0 Å². The van der Waals surface area contributed by atoms with Crippen molar-refractivity contribution < 1.29 is 4.74 Å². The average molecular weight is 383 g/mol. The fourth-order valence-corrected chi connectivity index (χ4v) is 3.87. The van der Waals surface area contributed by atoms with Crippen LogP contribution in [0.2, 0.25) is 0 Å². The zero-order valence-electron chi connectivity index (χ0n) is 16.8. The Bertz CT molecular complexity index is 722. The van der Waals surface area contributed by atoms with Crippen LogP contribution in [0.25, 0.3) is 0 Å². The first kappa shape index (κ1) is 18.9. The van der Waals surface area contributed by atoms with Gasteiger partial charge in [0, 0.05) is 38.6 Å². The van der Waals surface area contributed by atoms with Gasteiger partial charge >= 0.3 is 0 Å². The lowest BCUT2D eigenvalue weighted by Gasteiger charge is -2.31. The van der Waals surface area contributed by atoms with Crippen molar-refractivity contribution in [2.24, 2.45) is 5.92 Å². The van der Waals surface area contributed by atoms with Gasteiger partial charge in [0.25, 0.3) is 0 Å². The Labute approximate surface area is 167 Å². The van der Waals surface area contributed by atoms with E-state index in [1.54, 1.807) is 6.20 Å². The molecule has 28 heavy (non-hydrogen) atoms. The van der Waals surface area contributed by atoms with Crippen LogP contribution >= 0.6 is 0 Å². The second-order valence-corrected chi connectivity index (χ2v) is 7.75. The summed E-state index contributed by atoms with van der Waals surface area (Å²) in [5.41, 5.74) is 1.18. The Kier molecular flexibility index (Phi) is 6.19. The molecule has 4 heterocycles. The molecule has 2 saturated heterocycles. The Morgan fingerprint density at radius 2 is 1.61 bits per heavy atom. The second kappa shape index (κ2) is 9.17. The number of piperidine rings is 2. The van der Waals surface area contributed by atoms with E-state index in [0.29, 0.717) is 18.4 Å². The Hall–Kier alpha value is -2.44. The molecule has 2 aliphatic heterocycles. The normalized spacial score (nSPS) is 18.3. The van der Waals surface area contributed by atoms with Gasteiger partial charge in [-0.1, -0.05) is 6.92 Å². The van der Waals surface area contributed by atoms with Crippen molar-refractivity contribution in [2.75, 3.05) is 42.6 Å². The molecule has 7 heteroatoms. The van der Waals surface area contributed by atoms with Gasteiger partial charge in [0.05, 0.1) is 19.0 Å². The van der Waals surface area contributed by atoms with Crippen LogP contribution in [0.1, 0.15) is 44.6 Å². The second-order valence-electron chi connectivity index (χ2n) is 7.75. The maximum absolute atomic E-state index is 5.92. The lowest BCUT2D eigenvalue weighted by molar-refractivity contribution is 0.215. The summed E-state index contributed by atoms with van der Waals surface area (Å²) < 4.78 is 5.92. The predicted molar refractivity (Wildman–Crippen MR) is 110 cm³/mol. The van der Waals surface area contributed by atoms with Crippen LogP contribution in [0.4, 0.5) is 11.8 Å². The van der Waals surface area contributed by atoms with Gasteiger partial charge in [-0.15, -0.1) is 0 Å². The van der Waals surface area contributed by atoms with Crippen LogP contribution in [0, 0.1) is 5.92 Å². The molecule has 0 N–H and O–H groups in total. The molecule has 4 rings (SSSR count). The first-order chi connectivity index (χ1) is 13.8. The highest BCUT2D eigenvalue weighted by molar-refractivity contribution is 5.36. The molecule has 0 atom stereocenters. The minimum Gasteiger partial charge on any atom is -0.476 e. The molecule has 0 unspecified atom stereocenters. The lowest BCUT2D eigenvalue weighted by Crippen LogP contribution is -2.36. The van der Waals surface area contributed by atoms with Crippen LogP contribution in [-0.4, -0.2) is 52.7 Å². The zero-order chi connectivity index (χ0) is 19.2. The maximum atomic E-state index is 5.92. The summed E-state index contributed by atoms with van der Waals surface area (Å²) in [6, 6.07) is 0. The molecule has 0 saturated carbocycles. The number of anilines is 2. The van der Waals surface area contributed by atoms with Crippen LogP contribution in [-0.2, 0) is 6.42 Å². The third kappa shape index (κ3) is 4.69. The number of ether oxygens (including phenoxy) is 1. The van der Waals surface area contributed by atoms with Crippen molar-refractivity contribution in [1.29, 1.82) is 0 Å². The van der Waals surface area contributed by atoms with Crippen molar-refractivity contribution in [3.8, 4) is 5.88 Å². The molecule has 0 aliphatic carbocycles.